The zero-order chi connectivity index (χ0) is 13.8. The van der Waals surface area contributed by atoms with Crippen molar-refractivity contribution < 1.29 is 9.53 Å². The highest BCUT2D eigenvalue weighted by Gasteiger charge is 2.29. The van der Waals surface area contributed by atoms with Crippen LogP contribution >= 0.6 is 0 Å². The highest BCUT2D eigenvalue weighted by Crippen LogP contribution is 2.20. The summed E-state index contributed by atoms with van der Waals surface area (Å²) in [6.45, 7) is 5.91. The maximum atomic E-state index is 12.1. The fourth-order valence-electron chi connectivity index (χ4n) is 2.20. The van der Waals surface area contributed by atoms with Crippen LogP contribution in [0.25, 0.3) is 0 Å². The lowest BCUT2D eigenvalue weighted by Crippen LogP contribution is -2.49. The number of methoxy groups -OCH3 is 1. The van der Waals surface area contributed by atoms with Crippen LogP contribution in [0.1, 0.15) is 25.5 Å². The minimum atomic E-state index is 0.0221. The van der Waals surface area contributed by atoms with Crippen molar-refractivity contribution in [2.24, 2.45) is 11.8 Å². The van der Waals surface area contributed by atoms with Crippen molar-refractivity contribution in [1.82, 2.24) is 10.6 Å². The third kappa shape index (κ3) is 3.26. The van der Waals surface area contributed by atoms with E-state index in [4.69, 9.17) is 4.74 Å². The number of hydrogen-bond donors (Lipinski definition) is 2. The van der Waals surface area contributed by atoms with Gasteiger partial charge in [0.2, 0.25) is 5.91 Å². The summed E-state index contributed by atoms with van der Waals surface area (Å²) >= 11 is 0. The molecule has 4 heteroatoms. The number of carbonyl (C=O) groups is 1. The molecule has 2 rings (SSSR count). The summed E-state index contributed by atoms with van der Waals surface area (Å²) in [5.74, 6) is 1.51. The van der Waals surface area contributed by atoms with E-state index >= 15 is 0 Å². The van der Waals surface area contributed by atoms with E-state index in [0.29, 0.717) is 5.92 Å². The van der Waals surface area contributed by atoms with E-state index in [1.54, 1.807) is 7.11 Å². The van der Waals surface area contributed by atoms with Crippen molar-refractivity contribution in [3.63, 3.8) is 0 Å². The number of carbonyl (C=O) groups excluding carboxylic acids is 1. The SMILES string of the molecule is COc1ccc([C@@H](C)NC(=O)C(C)C2CNC2)cc1. The molecule has 1 unspecified atom stereocenters. The molecule has 1 aromatic rings. The molecule has 0 radical (unpaired) electrons. The maximum Gasteiger partial charge on any atom is 0.223 e. The first-order valence-electron chi connectivity index (χ1n) is 6.77. The second kappa shape index (κ2) is 6.06. The van der Waals surface area contributed by atoms with Crippen molar-refractivity contribution >= 4 is 5.91 Å². The van der Waals surface area contributed by atoms with Crippen LogP contribution in [0.4, 0.5) is 0 Å². The van der Waals surface area contributed by atoms with Gasteiger partial charge in [-0.1, -0.05) is 19.1 Å². The van der Waals surface area contributed by atoms with Crippen LogP contribution in [0.5, 0.6) is 5.75 Å². The third-order valence-electron chi connectivity index (χ3n) is 3.91. The molecule has 19 heavy (non-hydrogen) atoms. The third-order valence-corrected chi connectivity index (χ3v) is 3.91. The van der Waals surface area contributed by atoms with Crippen LogP contribution in [0.3, 0.4) is 0 Å². The molecule has 0 bridgehead atoms. The van der Waals surface area contributed by atoms with Gasteiger partial charge in [0, 0.05) is 5.92 Å². The Bertz CT molecular complexity index is 426. The van der Waals surface area contributed by atoms with Crippen molar-refractivity contribution in [3.8, 4) is 5.75 Å². The molecule has 0 spiro atoms. The predicted octanol–water partition coefficient (Wildman–Crippen LogP) is 1.73. The molecule has 1 aliphatic rings. The number of benzene rings is 1. The Balaban J connectivity index is 1.91. The Morgan fingerprint density at radius 3 is 2.42 bits per heavy atom. The minimum absolute atomic E-state index is 0.0221. The van der Waals surface area contributed by atoms with Crippen molar-refractivity contribution in [1.29, 1.82) is 0 Å². The number of nitrogens with one attached hydrogen (secondary N) is 2. The first-order valence-corrected chi connectivity index (χ1v) is 6.77. The van der Waals surface area contributed by atoms with Gasteiger partial charge in [0.15, 0.2) is 0 Å². The number of ether oxygens (including phenoxy) is 1. The van der Waals surface area contributed by atoms with E-state index in [1.165, 1.54) is 0 Å². The molecule has 4 nitrogen and oxygen atoms in total. The Kier molecular flexibility index (Phi) is 4.43. The normalized spacial score (nSPS) is 18.3. The fraction of sp³-hybridized carbons (Fsp3) is 0.533. The van der Waals surface area contributed by atoms with Crippen LogP contribution < -0.4 is 15.4 Å². The molecule has 104 valence electrons. The fourth-order valence-corrected chi connectivity index (χ4v) is 2.20. The summed E-state index contributed by atoms with van der Waals surface area (Å²) in [5.41, 5.74) is 1.09. The summed E-state index contributed by atoms with van der Waals surface area (Å²) in [7, 11) is 1.65. The smallest absolute Gasteiger partial charge is 0.223 e. The molecule has 1 aliphatic heterocycles. The van der Waals surface area contributed by atoms with Gasteiger partial charge in [-0.3, -0.25) is 4.79 Å². The van der Waals surface area contributed by atoms with Crippen molar-refractivity contribution in [2.45, 2.75) is 19.9 Å². The summed E-state index contributed by atoms with van der Waals surface area (Å²) in [5, 5.41) is 6.28. The maximum absolute atomic E-state index is 12.1. The zero-order valence-corrected chi connectivity index (χ0v) is 11.8. The molecule has 1 fully saturated rings. The van der Waals surface area contributed by atoms with E-state index in [9.17, 15) is 4.79 Å². The molecule has 2 N–H and O–H groups in total. The second-order valence-electron chi connectivity index (χ2n) is 5.21. The molecule has 0 aliphatic carbocycles. The van der Waals surface area contributed by atoms with Crippen molar-refractivity contribution in [3.05, 3.63) is 29.8 Å². The van der Waals surface area contributed by atoms with E-state index in [-0.39, 0.29) is 17.9 Å². The summed E-state index contributed by atoms with van der Waals surface area (Å²) in [4.78, 5) is 12.1. The first kappa shape index (κ1) is 13.9. The molecule has 0 saturated carbocycles. The zero-order valence-electron chi connectivity index (χ0n) is 11.8. The molecule has 2 atom stereocenters. The quantitative estimate of drug-likeness (QED) is 0.849. The van der Waals surface area contributed by atoms with Crippen LogP contribution in [0, 0.1) is 11.8 Å². The second-order valence-corrected chi connectivity index (χ2v) is 5.21. The number of rotatable bonds is 5. The standard InChI is InChI=1S/C15H22N2O2/c1-10(13-8-16-9-13)15(18)17-11(2)12-4-6-14(19-3)7-5-12/h4-7,10-11,13,16H,8-9H2,1-3H3,(H,17,18)/t10?,11-/m1/s1. The number of amides is 1. The van der Waals surface area contributed by atoms with Crippen LogP contribution in [-0.4, -0.2) is 26.1 Å². The average molecular weight is 262 g/mol. The molecule has 1 amide bonds. The van der Waals surface area contributed by atoms with Gasteiger partial charge in [-0.25, -0.2) is 0 Å². The van der Waals surface area contributed by atoms with Crippen LogP contribution in [-0.2, 0) is 4.79 Å². The van der Waals surface area contributed by atoms with Crippen LogP contribution in [0.2, 0.25) is 0 Å². The van der Waals surface area contributed by atoms with E-state index < -0.39 is 0 Å². The Morgan fingerprint density at radius 2 is 1.95 bits per heavy atom. The van der Waals surface area contributed by atoms with Gasteiger partial charge in [-0.05, 0) is 43.6 Å². The van der Waals surface area contributed by atoms with Gasteiger partial charge >= 0.3 is 0 Å². The lowest BCUT2D eigenvalue weighted by Gasteiger charge is -2.32. The van der Waals surface area contributed by atoms with Crippen LogP contribution in [0.15, 0.2) is 24.3 Å². The average Bonchev–Trinajstić information content (AvgIpc) is 2.36. The largest absolute Gasteiger partial charge is 0.497 e. The number of hydrogen-bond acceptors (Lipinski definition) is 3. The van der Waals surface area contributed by atoms with E-state index in [0.717, 1.165) is 24.4 Å². The first-order chi connectivity index (χ1) is 9.11. The minimum Gasteiger partial charge on any atom is -0.497 e. The topological polar surface area (TPSA) is 50.4 Å². The lowest BCUT2D eigenvalue weighted by molar-refractivity contribution is -0.127. The van der Waals surface area contributed by atoms with Gasteiger partial charge in [0.1, 0.15) is 5.75 Å². The molecule has 1 heterocycles. The summed E-state index contributed by atoms with van der Waals surface area (Å²) in [6.07, 6.45) is 0. The molecular weight excluding hydrogens is 240 g/mol. The predicted molar refractivity (Wildman–Crippen MR) is 75.1 cm³/mol. The highest BCUT2D eigenvalue weighted by molar-refractivity contribution is 5.79. The van der Waals surface area contributed by atoms with E-state index in [2.05, 4.69) is 10.6 Å². The van der Waals surface area contributed by atoms with E-state index in [1.807, 2.05) is 38.1 Å². The van der Waals surface area contributed by atoms with Gasteiger partial charge < -0.3 is 15.4 Å². The molecule has 1 saturated heterocycles. The Morgan fingerprint density at radius 1 is 1.32 bits per heavy atom. The van der Waals surface area contributed by atoms with Gasteiger partial charge in [0.05, 0.1) is 13.2 Å². The summed E-state index contributed by atoms with van der Waals surface area (Å²) in [6, 6.07) is 7.82. The Hall–Kier alpha value is -1.55. The summed E-state index contributed by atoms with van der Waals surface area (Å²) < 4.78 is 5.13. The van der Waals surface area contributed by atoms with Crippen molar-refractivity contribution in [2.75, 3.05) is 20.2 Å². The van der Waals surface area contributed by atoms with Gasteiger partial charge in [-0.2, -0.15) is 0 Å². The Labute approximate surface area is 114 Å². The van der Waals surface area contributed by atoms with Gasteiger partial charge in [-0.15, -0.1) is 0 Å². The monoisotopic (exact) mass is 262 g/mol. The molecular formula is C15H22N2O2. The molecule has 1 aromatic carbocycles. The lowest BCUT2D eigenvalue weighted by atomic mass is 9.88. The van der Waals surface area contributed by atoms with Gasteiger partial charge in [0.25, 0.3) is 0 Å². The molecule has 0 aromatic heterocycles. The highest BCUT2D eigenvalue weighted by atomic mass is 16.5.